The van der Waals surface area contributed by atoms with Gasteiger partial charge in [0.25, 0.3) is 0 Å². The monoisotopic (exact) mass is 150 g/mol. The molecule has 0 atom stereocenters. The number of rotatable bonds is 2. The van der Waals surface area contributed by atoms with Crippen LogP contribution in [0.3, 0.4) is 0 Å². The van der Waals surface area contributed by atoms with Gasteiger partial charge in [0, 0.05) is 18.8 Å². The molecule has 4 nitrogen and oxygen atoms in total. The number of anilines is 1. The maximum atomic E-state index is 7.13. The summed E-state index contributed by atoms with van der Waals surface area (Å²) in [5.74, 6) is 0.779. The highest BCUT2D eigenvalue weighted by Crippen LogP contribution is 2.03. The molecule has 0 aromatic carbocycles. The van der Waals surface area contributed by atoms with E-state index in [9.17, 15) is 0 Å². The Balaban J connectivity index is 3.01. The van der Waals surface area contributed by atoms with E-state index >= 15 is 0 Å². The van der Waals surface area contributed by atoms with E-state index in [0.717, 1.165) is 5.82 Å². The van der Waals surface area contributed by atoms with Gasteiger partial charge in [-0.15, -0.1) is 0 Å². The van der Waals surface area contributed by atoms with E-state index in [1.165, 1.54) is 0 Å². The molecule has 0 spiro atoms. The van der Waals surface area contributed by atoms with Crippen molar-refractivity contribution < 1.29 is 0 Å². The Hall–Kier alpha value is -1.58. The van der Waals surface area contributed by atoms with Gasteiger partial charge in [-0.1, -0.05) is 0 Å². The Bertz CT molecular complexity index is 269. The molecule has 0 amide bonds. The summed E-state index contributed by atoms with van der Waals surface area (Å²) < 4.78 is 0. The lowest BCUT2D eigenvalue weighted by Crippen LogP contribution is -2.11. The highest BCUT2D eigenvalue weighted by molar-refractivity contribution is 5.95. The van der Waals surface area contributed by atoms with Crippen molar-refractivity contribution in [2.24, 2.45) is 5.73 Å². The molecule has 0 bridgehead atoms. The summed E-state index contributed by atoms with van der Waals surface area (Å²) in [5, 5.41) is 9.99. The van der Waals surface area contributed by atoms with E-state index in [4.69, 9.17) is 11.1 Å². The standard InChI is InChI=1S/C7H10N4/c1-10-6-4-5(7(8)9)2-3-11-6/h2-4H,1H3,(H3,8,9)(H,10,11). The molecule has 1 rings (SSSR count). The molecule has 1 aromatic rings. The minimum atomic E-state index is 0.0592. The summed E-state index contributed by atoms with van der Waals surface area (Å²) in [4.78, 5) is 3.98. The van der Waals surface area contributed by atoms with Crippen molar-refractivity contribution >= 4 is 11.7 Å². The second-order valence-corrected chi connectivity index (χ2v) is 2.09. The fourth-order valence-electron chi connectivity index (χ4n) is 0.735. The van der Waals surface area contributed by atoms with Crippen LogP contribution in [0.25, 0.3) is 0 Å². The van der Waals surface area contributed by atoms with Gasteiger partial charge in [-0.05, 0) is 12.1 Å². The van der Waals surface area contributed by atoms with Gasteiger partial charge in [-0.3, -0.25) is 5.41 Å². The largest absolute Gasteiger partial charge is 0.384 e. The van der Waals surface area contributed by atoms with E-state index in [1.807, 2.05) is 0 Å². The number of nitrogens with zero attached hydrogens (tertiary/aromatic N) is 1. The lowest BCUT2D eigenvalue weighted by Gasteiger charge is -2.00. The van der Waals surface area contributed by atoms with Crippen LogP contribution in [-0.2, 0) is 0 Å². The van der Waals surface area contributed by atoms with Crippen LogP contribution < -0.4 is 11.1 Å². The molecule has 11 heavy (non-hydrogen) atoms. The van der Waals surface area contributed by atoms with Crippen LogP contribution in [0.2, 0.25) is 0 Å². The number of nitrogen functional groups attached to an aromatic ring is 1. The highest BCUT2D eigenvalue weighted by atomic mass is 14.9. The van der Waals surface area contributed by atoms with Gasteiger partial charge in [0.05, 0.1) is 0 Å². The molecule has 0 saturated carbocycles. The number of pyridine rings is 1. The SMILES string of the molecule is CNc1cc(C(=N)N)ccn1. The average Bonchev–Trinajstić information content (AvgIpc) is 2.05. The van der Waals surface area contributed by atoms with E-state index < -0.39 is 0 Å². The van der Waals surface area contributed by atoms with Gasteiger partial charge in [0.15, 0.2) is 0 Å². The zero-order valence-electron chi connectivity index (χ0n) is 6.26. The third-order valence-corrected chi connectivity index (χ3v) is 1.33. The van der Waals surface area contributed by atoms with Crippen LogP contribution >= 0.6 is 0 Å². The van der Waals surface area contributed by atoms with Crippen molar-refractivity contribution in [2.45, 2.75) is 0 Å². The quantitative estimate of drug-likeness (QED) is 0.422. The summed E-state index contributed by atoms with van der Waals surface area (Å²) in [6.07, 6.45) is 1.61. The molecule has 0 aliphatic rings. The first-order valence-electron chi connectivity index (χ1n) is 3.22. The number of amidine groups is 1. The summed E-state index contributed by atoms with van der Waals surface area (Å²) in [6.45, 7) is 0. The Kier molecular flexibility index (Phi) is 2.06. The fraction of sp³-hybridized carbons (Fsp3) is 0.143. The third kappa shape index (κ3) is 1.67. The number of nitrogens with two attached hydrogens (primary N) is 1. The second-order valence-electron chi connectivity index (χ2n) is 2.09. The molecular weight excluding hydrogens is 140 g/mol. The van der Waals surface area contributed by atoms with Gasteiger partial charge >= 0.3 is 0 Å². The molecule has 0 saturated heterocycles. The number of nitrogens with one attached hydrogen (secondary N) is 2. The summed E-state index contributed by atoms with van der Waals surface area (Å²) >= 11 is 0. The van der Waals surface area contributed by atoms with Gasteiger partial charge in [0.1, 0.15) is 11.7 Å². The van der Waals surface area contributed by atoms with Crippen LogP contribution in [0.1, 0.15) is 5.56 Å². The van der Waals surface area contributed by atoms with Gasteiger partial charge in [-0.2, -0.15) is 0 Å². The van der Waals surface area contributed by atoms with Crippen LogP contribution in [0.5, 0.6) is 0 Å². The first-order valence-corrected chi connectivity index (χ1v) is 3.22. The molecule has 0 unspecified atom stereocenters. The molecule has 58 valence electrons. The number of hydrogen-bond acceptors (Lipinski definition) is 3. The number of aromatic nitrogens is 1. The van der Waals surface area contributed by atoms with Crippen LogP contribution in [-0.4, -0.2) is 17.9 Å². The molecule has 0 aliphatic heterocycles. The van der Waals surface area contributed by atoms with Crippen LogP contribution in [0.4, 0.5) is 5.82 Å². The smallest absolute Gasteiger partial charge is 0.126 e. The van der Waals surface area contributed by atoms with Crippen LogP contribution in [0.15, 0.2) is 18.3 Å². The first kappa shape index (κ1) is 7.53. The van der Waals surface area contributed by atoms with Gasteiger partial charge in [-0.25, -0.2) is 4.98 Å². The Labute approximate surface area is 65.0 Å². The minimum absolute atomic E-state index is 0.0592. The Morgan fingerprint density at radius 1 is 1.73 bits per heavy atom. The van der Waals surface area contributed by atoms with E-state index in [0.29, 0.717) is 5.56 Å². The molecule has 0 aliphatic carbocycles. The molecule has 0 radical (unpaired) electrons. The van der Waals surface area contributed by atoms with E-state index in [1.54, 1.807) is 25.4 Å². The maximum Gasteiger partial charge on any atom is 0.126 e. The lowest BCUT2D eigenvalue weighted by molar-refractivity contribution is 1.27. The zero-order valence-corrected chi connectivity index (χ0v) is 6.26. The first-order chi connectivity index (χ1) is 5.24. The lowest BCUT2D eigenvalue weighted by atomic mass is 10.2. The van der Waals surface area contributed by atoms with Gasteiger partial charge < -0.3 is 11.1 Å². The van der Waals surface area contributed by atoms with Crippen molar-refractivity contribution in [1.82, 2.24) is 4.98 Å². The molecule has 1 heterocycles. The topological polar surface area (TPSA) is 74.8 Å². The molecule has 4 N–H and O–H groups in total. The third-order valence-electron chi connectivity index (χ3n) is 1.33. The van der Waals surface area contributed by atoms with Crippen molar-refractivity contribution in [2.75, 3.05) is 12.4 Å². The minimum Gasteiger partial charge on any atom is -0.384 e. The van der Waals surface area contributed by atoms with Crippen molar-refractivity contribution in [3.05, 3.63) is 23.9 Å². The van der Waals surface area contributed by atoms with E-state index in [-0.39, 0.29) is 5.84 Å². The number of hydrogen-bond donors (Lipinski definition) is 3. The fourth-order valence-corrected chi connectivity index (χ4v) is 0.735. The van der Waals surface area contributed by atoms with Crippen LogP contribution in [0, 0.1) is 5.41 Å². The Morgan fingerprint density at radius 2 is 2.45 bits per heavy atom. The predicted octanol–water partition coefficient (Wildman–Crippen LogP) is 0.407. The summed E-state index contributed by atoms with van der Waals surface area (Å²) in [7, 11) is 1.77. The normalized spacial score (nSPS) is 9.18. The summed E-state index contributed by atoms with van der Waals surface area (Å²) in [6, 6.07) is 3.42. The summed E-state index contributed by atoms with van der Waals surface area (Å²) in [5.41, 5.74) is 5.95. The average molecular weight is 150 g/mol. The molecular formula is C7H10N4. The second kappa shape index (κ2) is 3.01. The Morgan fingerprint density at radius 3 is 3.00 bits per heavy atom. The van der Waals surface area contributed by atoms with Crippen molar-refractivity contribution in [3.8, 4) is 0 Å². The zero-order chi connectivity index (χ0) is 8.27. The van der Waals surface area contributed by atoms with E-state index in [2.05, 4.69) is 10.3 Å². The van der Waals surface area contributed by atoms with Crippen molar-refractivity contribution in [1.29, 1.82) is 5.41 Å². The molecule has 4 heteroatoms. The molecule has 0 fully saturated rings. The molecule has 1 aromatic heterocycles. The predicted molar refractivity (Wildman–Crippen MR) is 44.8 cm³/mol. The van der Waals surface area contributed by atoms with Crippen molar-refractivity contribution in [3.63, 3.8) is 0 Å². The maximum absolute atomic E-state index is 7.13. The highest BCUT2D eigenvalue weighted by Gasteiger charge is 1.96. The van der Waals surface area contributed by atoms with Gasteiger partial charge in [0.2, 0.25) is 0 Å².